The van der Waals surface area contributed by atoms with E-state index in [1.54, 1.807) is 0 Å². The molecule has 1 atom stereocenters. The number of amides is 2. The van der Waals surface area contributed by atoms with Crippen LogP contribution in [0.1, 0.15) is 28.4 Å². The molecule has 2 aromatic carbocycles. The lowest BCUT2D eigenvalue weighted by Crippen LogP contribution is -2.44. The number of urea groups is 1. The third-order valence-corrected chi connectivity index (χ3v) is 5.17. The maximum absolute atomic E-state index is 13.2. The Hall–Kier alpha value is -3.01. The standard InChI is InChI=1S/C22H23N3O/c1-16-8-3-5-10-18(16)21-20-12-7-13-24(20)14-15-25(21)22(26)23-19-11-6-4-9-17(19)2/h3-13,21H,14-15H2,1-2H3,(H,23,26)/t21-/m1/s1. The maximum atomic E-state index is 13.2. The van der Waals surface area contributed by atoms with Gasteiger partial charge in [-0.25, -0.2) is 4.79 Å². The molecule has 0 spiro atoms. The summed E-state index contributed by atoms with van der Waals surface area (Å²) in [5.74, 6) is 0. The largest absolute Gasteiger partial charge is 0.348 e. The molecule has 0 bridgehead atoms. The van der Waals surface area contributed by atoms with Gasteiger partial charge in [0.2, 0.25) is 0 Å². The highest BCUT2D eigenvalue weighted by Crippen LogP contribution is 2.34. The van der Waals surface area contributed by atoms with Crippen LogP contribution in [0.3, 0.4) is 0 Å². The number of para-hydroxylation sites is 1. The van der Waals surface area contributed by atoms with Crippen molar-refractivity contribution in [2.24, 2.45) is 0 Å². The first kappa shape index (κ1) is 16.5. The Morgan fingerprint density at radius 3 is 2.42 bits per heavy atom. The Kier molecular flexibility index (Phi) is 4.25. The highest BCUT2D eigenvalue weighted by atomic mass is 16.2. The minimum absolute atomic E-state index is 0.0556. The molecular formula is C22H23N3O. The predicted octanol–water partition coefficient (Wildman–Crippen LogP) is 4.74. The lowest BCUT2D eigenvalue weighted by Gasteiger charge is -2.38. The summed E-state index contributed by atoms with van der Waals surface area (Å²) in [5, 5.41) is 3.10. The molecule has 4 heteroatoms. The molecule has 1 aliphatic rings. The average Bonchev–Trinajstić information content (AvgIpc) is 3.12. The van der Waals surface area contributed by atoms with Crippen molar-refractivity contribution in [1.82, 2.24) is 9.47 Å². The third-order valence-electron chi connectivity index (χ3n) is 5.17. The van der Waals surface area contributed by atoms with Gasteiger partial charge in [-0.2, -0.15) is 0 Å². The lowest BCUT2D eigenvalue weighted by atomic mass is 9.96. The fourth-order valence-electron chi connectivity index (χ4n) is 3.72. The van der Waals surface area contributed by atoms with Gasteiger partial charge in [0.05, 0.1) is 6.04 Å². The predicted molar refractivity (Wildman–Crippen MR) is 104 cm³/mol. The Balaban J connectivity index is 1.71. The number of rotatable bonds is 2. The fourth-order valence-corrected chi connectivity index (χ4v) is 3.72. The normalized spacial score (nSPS) is 16.2. The number of aryl methyl sites for hydroxylation is 2. The first-order valence-electron chi connectivity index (χ1n) is 8.99. The molecule has 132 valence electrons. The molecule has 2 amide bonds. The number of nitrogens with one attached hydrogen (secondary N) is 1. The van der Waals surface area contributed by atoms with Crippen LogP contribution >= 0.6 is 0 Å². The van der Waals surface area contributed by atoms with Crippen LogP contribution in [0.2, 0.25) is 0 Å². The summed E-state index contributed by atoms with van der Waals surface area (Å²) in [5.41, 5.74) is 5.45. The van der Waals surface area contributed by atoms with Crippen molar-refractivity contribution in [3.8, 4) is 0 Å². The number of nitrogens with zero attached hydrogens (tertiary/aromatic N) is 2. The van der Waals surface area contributed by atoms with E-state index in [-0.39, 0.29) is 12.1 Å². The summed E-state index contributed by atoms with van der Waals surface area (Å²) < 4.78 is 2.24. The van der Waals surface area contributed by atoms with Crippen molar-refractivity contribution in [1.29, 1.82) is 0 Å². The van der Waals surface area contributed by atoms with E-state index >= 15 is 0 Å². The molecule has 0 unspecified atom stereocenters. The second kappa shape index (κ2) is 6.71. The van der Waals surface area contributed by atoms with Crippen LogP contribution in [-0.2, 0) is 6.54 Å². The van der Waals surface area contributed by atoms with Crippen LogP contribution in [0.15, 0.2) is 66.9 Å². The van der Waals surface area contributed by atoms with Gasteiger partial charge in [0.25, 0.3) is 0 Å². The molecule has 1 N–H and O–H groups in total. The Morgan fingerprint density at radius 2 is 1.65 bits per heavy atom. The van der Waals surface area contributed by atoms with Gasteiger partial charge in [-0.1, -0.05) is 42.5 Å². The van der Waals surface area contributed by atoms with Crippen molar-refractivity contribution >= 4 is 11.7 Å². The first-order valence-corrected chi connectivity index (χ1v) is 8.99. The van der Waals surface area contributed by atoms with Gasteiger partial charge in [0.15, 0.2) is 0 Å². The van der Waals surface area contributed by atoms with Crippen molar-refractivity contribution < 1.29 is 4.79 Å². The van der Waals surface area contributed by atoms with E-state index in [2.05, 4.69) is 47.3 Å². The average molecular weight is 345 g/mol. The highest BCUT2D eigenvalue weighted by Gasteiger charge is 2.33. The van der Waals surface area contributed by atoms with Crippen LogP contribution in [0.5, 0.6) is 0 Å². The quantitative estimate of drug-likeness (QED) is 0.715. The molecule has 2 heterocycles. The third kappa shape index (κ3) is 2.88. The Labute approximate surface area is 154 Å². The minimum atomic E-state index is -0.0797. The van der Waals surface area contributed by atoms with E-state index in [1.165, 1.54) is 11.1 Å². The number of hydrogen-bond donors (Lipinski definition) is 1. The molecular weight excluding hydrogens is 322 g/mol. The summed E-state index contributed by atoms with van der Waals surface area (Å²) in [6.07, 6.45) is 2.09. The molecule has 0 radical (unpaired) electrons. The van der Waals surface area contributed by atoms with Crippen molar-refractivity contribution in [2.45, 2.75) is 26.4 Å². The van der Waals surface area contributed by atoms with Crippen molar-refractivity contribution in [3.05, 3.63) is 89.2 Å². The van der Waals surface area contributed by atoms with Crippen LogP contribution in [0.4, 0.5) is 10.5 Å². The summed E-state index contributed by atoms with van der Waals surface area (Å²) in [7, 11) is 0. The van der Waals surface area contributed by atoms with Gasteiger partial charge in [-0.05, 0) is 48.7 Å². The number of benzene rings is 2. The van der Waals surface area contributed by atoms with E-state index in [0.717, 1.165) is 23.5 Å². The zero-order chi connectivity index (χ0) is 18.1. The summed E-state index contributed by atoms with van der Waals surface area (Å²) in [6.45, 7) is 5.61. The molecule has 0 saturated carbocycles. The Bertz CT molecular complexity index is 944. The molecule has 26 heavy (non-hydrogen) atoms. The van der Waals surface area contributed by atoms with Crippen LogP contribution in [0, 0.1) is 13.8 Å². The maximum Gasteiger partial charge on any atom is 0.322 e. The van der Waals surface area contributed by atoms with E-state index in [4.69, 9.17) is 0 Å². The van der Waals surface area contributed by atoms with Crippen molar-refractivity contribution in [2.75, 3.05) is 11.9 Å². The lowest BCUT2D eigenvalue weighted by molar-refractivity contribution is 0.181. The van der Waals surface area contributed by atoms with Gasteiger partial charge < -0.3 is 14.8 Å². The second-order valence-electron chi connectivity index (χ2n) is 6.82. The molecule has 4 nitrogen and oxygen atoms in total. The molecule has 0 fully saturated rings. The van der Waals surface area contributed by atoms with E-state index in [0.29, 0.717) is 6.54 Å². The monoisotopic (exact) mass is 345 g/mol. The molecule has 0 aliphatic carbocycles. The topological polar surface area (TPSA) is 37.3 Å². The smallest absolute Gasteiger partial charge is 0.322 e. The van der Waals surface area contributed by atoms with Crippen LogP contribution in [-0.4, -0.2) is 22.0 Å². The number of anilines is 1. The van der Waals surface area contributed by atoms with Gasteiger partial charge in [-0.3, -0.25) is 0 Å². The molecule has 3 aromatic rings. The number of fused-ring (bicyclic) bond motifs is 1. The number of carbonyl (C=O) groups excluding carboxylic acids is 1. The number of hydrogen-bond acceptors (Lipinski definition) is 1. The summed E-state index contributed by atoms with van der Waals surface area (Å²) in [6, 6.07) is 20.2. The van der Waals surface area contributed by atoms with Crippen LogP contribution in [0.25, 0.3) is 0 Å². The summed E-state index contributed by atoms with van der Waals surface area (Å²) in [4.78, 5) is 15.1. The summed E-state index contributed by atoms with van der Waals surface area (Å²) >= 11 is 0. The minimum Gasteiger partial charge on any atom is -0.348 e. The highest BCUT2D eigenvalue weighted by molar-refractivity contribution is 5.90. The van der Waals surface area contributed by atoms with Gasteiger partial charge in [0.1, 0.15) is 0 Å². The van der Waals surface area contributed by atoms with Gasteiger partial charge in [-0.15, -0.1) is 0 Å². The van der Waals surface area contributed by atoms with E-state index in [9.17, 15) is 4.79 Å². The molecule has 0 saturated heterocycles. The van der Waals surface area contributed by atoms with E-state index in [1.807, 2.05) is 48.2 Å². The second-order valence-corrected chi connectivity index (χ2v) is 6.82. The van der Waals surface area contributed by atoms with Gasteiger partial charge >= 0.3 is 6.03 Å². The zero-order valence-corrected chi connectivity index (χ0v) is 15.1. The molecule has 4 rings (SSSR count). The number of carbonyl (C=O) groups is 1. The first-order chi connectivity index (χ1) is 12.6. The number of aromatic nitrogens is 1. The molecule has 1 aromatic heterocycles. The molecule has 1 aliphatic heterocycles. The van der Waals surface area contributed by atoms with E-state index < -0.39 is 0 Å². The fraction of sp³-hybridized carbons (Fsp3) is 0.227. The Morgan fingerprint density at radius 1 is 0.923 bits per heavy atom. The van der Waals surface area contributed by atoms with Crippen LogP contribution < -0.4 is 5.32 Å². The zero-order valence-electron chi connectivity index (χ0n) is 15.1. The van der Waals surface area contributed by atoms with Gasteiger partial charge in [0, 0.05) is 30.7 Å². The van der Waals surface area contributed by atoms with Crippen molar-refractivity contribution in [3.63, 3.8) is 0 Å². The SMILES string of the molecule is Cc1ccccc1NC(=O)N1CCn2cccc2[C@H]1c1ccccc1C.